The number of nitrogens with one attached hydrogen (secondary N) is 2. The molecule has 3 aromatic heterocycles. The van der Waals surface area contributed by atoms with Crippen molar-refractivity contribution in [3.63, 3.8) is 0 Å². The lowest BCUT2D eigenvalue weighted by atomic mass is 9.84. The Hall–Kier alpha value is -4.79. The lowest BCUT2D eigenvalue weighted by Gasteiger charge is -2.18. The summed E-state index contributed by atoms with van der Waals surface area (Å²) in [6.45, 7) is 26.4. The fourth-order valence-corrected chi connectivity index (χ4v) is 10.6. The zero-order valence-corrected chi connectivity index (χ0v) is 40.8. The third kappa shape index (κ3) is 10.7. The highest BCUT2D eigenvalue weighted by molar-refractivity contribution is 6.23. The Bertz CT molecular complexity index is 2400. The van der Waals surface area contributed by atoms with Crippen LogP contribution in [0.15, 0.2) is 36.4 Å². The van der Waals surface area contributed by atoms with Gasteiger partial charge < -0.3 is 19.4 Å². The molecule has 3 aliphatic rings. The van der Waals surface area contributed by atoms with Gasteiger partial charge in [-0.25, -0.2) is 0 Å². The van der Waals surface area contributed by atoms with Crippen LogP contribution in [-0.2, 0) is 19.1 Å². The summed E-state index contributed by atoms with van der Waals surface area (Å²) < 4.78 is 11.1. The number of nitrogens with zero attached hydrogens (tertiary/aromatic N) is 2. The van der Waals surface area contributed by atoms with E-state index in [0.29, 0.717) is 28.8 Å². The van der Waals surface area contributed by atoms with Crippen molar-refractivity contribution in [2.24, 2.45) is 17.8 Å². The Kier molecular flexibility index (Phi) is 16.3. The van der Waals surface area contributed by atoms with Crippen molar-refractivity contribution in [3.05, 3.63) is 87.0 Å². The van der Waals surface area contributed by atoms with E-state index in [2.05, 4.69) is 97.1 Å². The van der Waals surface area contributed by atoms with Crippen molar-refractivity contribution >= 4 is 45.9 Å². The second kappa shape index (κ2) is 21.5. The molecular weight excluding hydrogens is 797 g/mol. The number of methoxy groups -OCH3 is 1. The minimum absolute atomic E-state index is 0.142. The van der Waals surface area contributed by atoms with Gasteiger partial charge >= 0.3 is 11.9 Å². The van der Waals surface area contributed by atoms with Crippen LogP contribution in [-0.4, -0.2) is 51.4 Å². The van der Waals surface area contributed by atoms with E-state index in [-0.39, 0.29) is 48.5 Å². The molecule has 3 aromatic rings. The molecule has 0 aromatic carbocycles. The van der Waals surface area contributed by atoms with E-state index in [0.717, 1.165) is 87.3 Å². The van der Waals surface area contributed by atoms with Gasteiger partial charge in [0.15, 0.2) is 5.78 Å². The van der Waals surface area contributed by atoms with E-state index in [1.807, 2.05) is 19.1 Å². The molecule has 2 aliphatic heterocycles. The van der Waals surface area contributed by atoms with Crippen molar-refractivity contribution in [3.8, 4) is 0 Å². The molecule has 64 heavy (non-hydrogen) atoms. The number of aromatic nitrogens is 4. The smallest absolute Gasteiger partial charge is 0.321 e. The number of Topliss-reactive ketones (excluding diaryl/α,β-unsaturated/α-hetero) is 1. The van der Waals surface area contributed by atoms with Crippen LogP contribution in [0, 0.1) is 31.6 Å². The number of aryl methyl sites for hydroxylation is 2. The number of ether oxygens (including phenoxy) is 2. The van der Waals surface area contributed by atoms with Crippen LogP contribution in [0.1, 0.15) is 217 Å². The highest BCUT2D eigenvalue weighted by atomic mass is 16.5. The lowest BCUT2D eigenvalue weighted by molar-refractivity contribution is -0.143. The number of carbonyl (C=O) groups excluding carboxylic acids is 3. The zero-order chi connectivity index (χ0) is 46.4. The number of ketones is 1. The normalized spacial score (nSPS) is 20.5. The number of carbonyl (C=O) groups is 3. The van der Waals surface area contributed by atoms with Gasteiger partial charge in [0.25, 0.3) is 0 Å². The maximum Gasteiger partial charge on any atom is 0.321 e. The number of aromatic amines is 2. The van der Waals surface area contributed by atoms with E-state index in [4.69, 9.17) is 19.4 Å². The van der Waals surface area contributed by atoms with E-state index in [1.165, 1.54) is 57.6 Å². The van der Waals surface area contributed by atoms with E-state index >= 15 is 0 Å². The molecule has 346 valence electrons. The van der Waals surface area contributed by atoms with Gasteiger partial charge in [-0.1, -0.05) is 112 Å². The first-order valence-corrected chi connectivity index (χ1v) is 24.4. The standard InChI is InChI=1S/C55H76N4O5/c1-13-39-35(8)42-28-44-37(10)41(24-25-48(60)64-27-26-34(7)23-17-22-33(6)21-16-20-32(5)19-15-18-31(3)4)52(58-44)50-51(55(62)63-12)54(61)49-38(11)45(59-53(49)50)30-47-40(14-2)36(9)43(57-47)29-46(39)56-42/h13,26,28-33,36-37,40-41,51,56,59H,1,14-25,27H2,2-12H3/b34-26+,42-28?,43-29?,44-28?,45-30?,46-29?,47-30?,52-50?/t32-,33-,36-,37+,40-,41+,51-/m1/s1. The minimum Gasteiger partial charge on any atom is -0.468 e. The van der Waals surface area contributed by atoms with Crippen molar-refractivity contribution in [1.82, 2.24) is 19.9 Å². The SMILES string of the molecule is C=Cc1c(C)c2cc3nc(c4c5[nH]c(cc6nc(cc1[nH]2)[C@H](C)[C@H]6CC)c(C)c5C(=O)[C@@H]4C(=O)OC)[C@@H](CCC(=O)OC/C=C(\C)CCC[C@H](C)CCC[C@H](C)CCCC(C)C)[C@@H]3C. The quantitative estimate of drug-likeness (QED) is 0.0657. The molecule has 5 heterocycles. The number of H-pyrrole nitrogens is 2. The molecule has 9 nitrogen and oxygen atoms in total. The average Bonchev–Trinajstić information content (AvgIpc) is 3.99. The number of hydrogen-bond donors (Lipinski definition) is 2. The fourth-order valence-electron chi connectivity index (χ4n) is 10.6. The van der Waals surface area contributed by atoms with Gasteiger partial charge in [0.2, 0.25) is 0 Å². The molecule has 1 aliphatic carbocycles. The predicted octanol–water partition coefficient (Wildman–Crippen LogP) is 13.9. The zero-order valence-electron chi connectivity index (χ0n) is 40.8. The average molecular weight is 873 g/mol. The summed E-state index contributed by atoms with van der Waals surface area (Å²) >= 11 is 0. The van der Waals surface area contributed by atoms with Crippen LogP contribution < -0.4 is 0 Å². The first-order chi connectivity index (χ1) is 30.6. The van der Waals surface area contributed by atoms with Gasteiger partial charge in [-0.3, -0.25) is 24.4 Å². The fraction of sp³-hybridized carbons (Fsp3) is 0.582. The summed E-state index contributed by atoms with van der Waals surface area (Å²) in [6.07, 6.45) is 16.7. The molecular formula is C55H76N4O5. The second-order valence-corrected chi connectivity index (χ2v) is 20.0. The molecule has 9 heteroatoms. The van der Waals surface area contributed by atoms with Gasteiger partial charge in [0.05, 0.1) is 18.3 Å². The molecule has 0 unspecified atom stereocenters. The number of allylic oxidation sites excluding steroid dienone is 1. The van der Waals surface area contributed by atoms with Crippen LogP contribution in [0.2, 0.25) is 0 Å². The van der Waals surface area contributed by atoms with E-state index in [9.17, 15) is 14.4 Å². The van der Waals surface area contributed by atoms with Crippen molar-refractivity contribution < 1.29 is 23.9 Å². The van der Waals surface area contributed by atoms with Crippen molar-refractivity contribution in [2.45, 2.75) is 176 Å². The van der Waals surface area contributed by atoms with Crippen LogP contribution in [0.4, 0.5) is 0 Å². The summed E-state index contributed by atoms with van der Waals surface area (Å²) in [5, 5.41) is 0. The van der Waals surface area contributed by atoms with E-state index in [1.54, 1.807) is 0 Å². The maximum absolute atomic E-state index is 14.4. The first-order valence-electron chi connectivity index (χ1n) is 24.4. The second-order valence-electron chi connectivity index (χ2n) is 20.0. The predicted molar refractivity (Wildman–Crippen MR) is 261 cm³/mol. The van der Waals surface area contributed by atoms with Crippen molar-refractivity contribution in [2.75, 3.05) is 13.7 Å². The summed E-state index contributed by atoms with van der Waals surface area (Å²) in [7, 11) is 1.32. The largest absolute Gasteiger partial charge is 0.468 e. The van der Waals surface area contributed by atoms with Gasteiger partial charge in [-0.2, -0.15) is 0 Å². The maximum atomic E-state index is 14.4. The summed E-state index contributed by atoms with van der Waals surface area (Å²) in [4.78, 5) is 59.1. The van der Waals surface area contributed by atoms with Gasteiger partial charge in [0, 0.05) is 80.4 Å². The van der Waals surface area contributed by atoms with Gasteiger partial charge in [-0.15, -0.1) is 0 Å². The highest BCUT2D eigenvalue weighted by Crippen LogP contribution is 2.48. The summed E-state index contributed by atoms with van der Waals surface area (Å²) in [5.41, 5.74) is 11.6. The molecule has 0 amide bonds. The van der Waals surface area contributed by atoms with Crippen LogP contribution in [0.3, 0.4) is 0 Å². The Morgan fingerprint density at radius 1 is 0.812 bits per heavy atom. The molecule has 6 rings (SSSR count). The third-order valence-electron chi connectivity index (χ3n) is 14.8. The van der Waals surface area contributed by atoms with Crippen molar-refractivity contribution in [1.29, 1.82) is 0 Å². The Labute approximate surface area is 382 Å². The number of esters is 2. The molecule has 0 spiro atoms. The Balaban J connectivity index is 1.23. The Morgan fingerprint density at radius 3 is 2.08 bits per heavy atom. The highest BCUT2D eigenvalue weighted by Gasteiger charge is 2.45. The van der Waals surface area contributed by atoms with Gasteiger partial charge in [0.1, 0.15) is 12.5 Å². The molecule has 0 fully saturated rings. The van der Waals surface area contributed by atoms with Crippen LogP contribution >= 0.6 is 0 Å². The monoisotopic (exact) mass is 873 g/mol. The summed E-state index contributed by atoms with van der Waals surface area (Å²) in [6, 6.07) is 6.27. The molecule has 0 radical (unpaired) electrons. The topological polar surface area (TPSA) is 127 Å². The minimum atomic E-state index is -1.17. The lowest BCUT2D eigenvalue weighted by Crippen LogP contribution is -2.21. The molecule has 8 bridgehead atoms. The van der Waals surface area contributed by atoms with E-state index < -0.39 is 11.9 Å². The molecule has 7 atom stereocenters. The Morgan fingerprint density at radius 2 is 1.42 bits per heavy atom. The third-order valence-corrected chi connectivity index (χ3v) is 14.8. The number of hydrogen-bond acceptors (Lipinski definition) is 7. The van der Waals surface area contributed by atoms with Gasteiger partial charge in [-0.05, 0) is 99.6 Å². The summed E-state index contributed by atoms with van der Waals surface area (Å²) in [5.74, 6) is -0.108. The molecule has 2 N–H and O–H groups in total. The molecule has 0 saturated carbocycles. The number of rotatable bonds is 20. The number of fused-ring (bicyclic) bond motifs is 8. The van der Waals surface area contributed by atoms with Crippen LogP contribution in [0.5, 0.6) is 0 Å². The molecule has 0 saturated heterocycles. The van der Waals surface area contributed by atoms with Crippen LogP contribution in [0.25, 0.3) is 28.1 Å². The first kappa shape index (κ1) is 48.7.